The van der Waals surface area contributed by atoms with Gasteiger partial charge in [0.15, 0.2) is 0 Å². The molecule has 2 amide bonds. The summed E-state index contributed by atoms with van der Waals surface area (Å²) in [6.45, 7) is 5.92. The van der Waals surface area contributed by atoms with Crippen LogP contribution in [-0.4, -0.2) is 28.8 Å². The Morgan fingerprint density at radius 1 is 1.00 bits per heavy atom. The van der Waals surface area contributed by atoms with E-state index >= 15 is 0 Å². The molecule has 2 rings (SSSR count). The van der Waals surface area contributed by atoms with Gasteiger partial charge in [-0.3, -0.25) is 9.59 Å². The van der Waals surface area contributed by atoms with E-state index in [4.69, 9.17) is 34.8 Å². The largest absolute Gasteiger partial charge is 0.352 e. The van der Waals surface area contributed by atoms with E-state index in [0.29, 0.717) is 21.5 Å². The number of benzene rings is 2. The van der Waals surface area contributed by atoms with E-state index in [-0.39, 0.29) is 30.8 Å². The van der Waals surface area contributed by atoms with Gasteiger partial charge in [-0.2, -0.15) is 0 Å². The van der Waals surface area contributed by atoms with E-state index in [1.807, 2.05) is 26.8 Å². The highest BCUT2D eigenvalue weighted by Crippen LogP contribution is 2.24. The van der Waals surface area contributed by atoms with Gasteiger partial charge in [-0.15, -0.1) is 0 Å². The monoisotopic (exact) mass is 454 g/mol. The number of nitrogens with zero attached hydrogens (tertiary/aromatic N) is 1. The third kappa shape index (κ3) is 6.91. The van der Waals surface area contributed by atoms with Gasteiger partial charge in [-0.25, -0.2) is 0 Å². The molecule has 1 N–H and O–H groups in total. The summed E-state index contributed by atoms with van der Waals surface area (Å²) >= 11 is 18.2. The van der Waals surface area contributed by atoms with Crippen LogP contribution in [-0.2, 0) is 22.6 Å². The lowest BCUT2D eigenvalue weighted by Gasteiger charge is -2.31. The zero-order valence-electron chi connectivity index (χ0n) is 16.7. The van der Waals surface area contributed by atoms with Crippen LogP contribution in [0.4, 0.5) is 0 Å². The lowest BCUT2D eigenvalue weighted by atomic mass is 10.1. The molecule has 0 heterocycles. The number of hydrogen-bond donors (Lipinski definition) is 1. The van der Waals surface area contributed by atoms with Crippen LogP contribution >= 0.6 is 34.8 Å². The van der Waals surface area contributed by atoms with Gasteiger partial charge in [0.25, 0.3) is 0 Å². The first-order chi connectivity index (χ1) is 13.7. The smallest absolute Gasteiger partial charge is 0.243 e. The molecule has 0 saturated carbocycles. The third-order valence-electron chi connectivity index (χ3n) is 4.40. The summed E-state index contributed by atoms with van der Waals surface area (Å²) in [5.74, 6) is -0.342. The summed E-state index contributed by atoms with van der Waals surface area (Å²) in [7, 11) is 0. The van der Waals surface area contributed by atoms with Crippen molar-refractivity contribution in [3.05, 3.63) is 68.7 Å². The lowest BCUT2D eigenvalue weighted by molar-refractivity contribution is -0.141. The average Bonchev–Trinajstić information content (AvgIpc) is 2.63. The summed E-state index contributed by atoms with van der Waals surface area (Å²) in [6.07, 6.45) is 0.633. The lowest BCUT2D eigenvalue weighted by Crippen LogP contribution is -2.50. The Hall–Kier alpha value is -1.75. The van der Waals surface area contributed by atoms with Crippen molar-refractivity contribution in [2.24, 2.45) is 0 Å². The van der Waals surface area contributed by atoms with Crippen molar-refractivity contribution < 1.29 is 9.59 Å². The molecule has 156 valence electrons. The first kappa shape index (κ1) is 23.5. The van der Waals surface area contributed by atoms with E-state index in [9.17, 15) is 9.59 Å². The zero-order valence-corrected chi connectivity index (χ0v) is 19.0. The van der Waals surface area contributed by atoms with Crippen molar-refractivity contribution in [1.82, 2.24) is 10.2 Å². The van der Waals surface area contributed by atoms with Crippen LogP contribution in [0.25, 0.3) is 0 Å². The number of nitrogens with one attached hydrogen (secondary N) is 1. The van der Waals surface area contributed by atoms with Gasteiger partial charge in [0.1, 0.15) is 6.04 Å². The Kier molecular flexibility index (Phi) is 8.81. The minimum absolute atomic E-state index is 0.0218. The summed E-state index contributed by atoms with van der Waals surface area (Å²) in [6, 6.07) is 11.8. The summed E-state index contributed by atoms with van der Waals surface area (Å²) < 4.78 is 0. The van der Waals surface area contributed by atoms with Crippen LogP contribution in [0.1, 0.15) is 38.3 Å². The molecule has 0 radical (unpaired) electrons. The Morgan fingerprint density at radius 3 is 2.31 bits per heavy atom. The SMILES string of the molecule is CCC(C(=O)NC(C)C)N(Cc1ccc(Cl)c(Cl)c1)C(=O)Cc1cccc(Cl)c1. The normalized spacial score (nSPS) is 12.0. The second kappa shape index (κ2) is 10.9. The Bertz CT molecular complexity index is 871. The summed E-state index contributed by atoms with van der Waals surface area (Å²) in [5.41, 5.74) is 1.59. The van der Waals surface area contributed by atoms with Crippen molar-refractivity contribution in [3.8, 4) is 0 Å². The summed E-state index contributed by atoms with van der Waals surface area (Å²) in [4.78, 5) is 27.6. The Morgan fingerprint density at radius 2 is 1.72 bits per heavy atom. The number of carbonyl (C=O) groups excluding carboxylic acids is 2. The second-order valence-corrected chi connectivity index (χ2v) is 8.41. The van der Waals surface area contributed by atoms with Crippen molar-refractivity contribution in [2.75, 3.05) is 0 Å². The number of carbonyl (C=O) groups is 2. The van der Waals surface area contributed by atoms with Crippen molar-refractivity contribution in [2.45, 2.75) is 52.2 Å². The molecule has 0 saturated heterocycles. The minimum Gasteiger partial charge on any atom is -0.352 e. The predicted molar refractivity (Wildman–Crippen MR) is 120 cm³/mol. The third-order valence-corrected chi connectivity index (χ3v) is 5.37. The molecule has 2 aromatic rings. The molecule has 2 aromatic carbocycles. The summed E-state index contributed by atoms with van der Waals surface area (Å²) in [5, 5.41) is 4.32. The van der Waals surface area contributed by atoms with E-state index in [0.717, 1.165) is 11.1 Å². The van der Waals surface area contributed by atoms with Gasteiger partial charge < -0.3 is 10.2 Å². The molecule has 0 aliphatic rings. The Labute approximate surface area is 187 Å². The molecule has 7 heteroatoms. The van der Waals surface area contributed by atoms with Crippen LogP contribution < -0.4 is 5.32 Å². The molecular weight excluding hydrogens is 431 g/mol. The maximum Gasteiger partial charge on any atom is 0.243 e. The highest BCUT2D eigenvalue weighted by molar-refractivity contribution is 6.42. The minimum atomic E-state index is -0.599. The number of rotatable bonds is 8. The van der Waals surface area contributed by atoms with E-state index in [1.165, 1.54) is 0 Å². The molecule has 29 heavy (non-hydrogen) atoms. The van der Waals surface area contributed by atoms with Crippen LogP contribution in [0.2, 0.25) is 15.1 Å². The first-order valence-electron chi connectivity index (χ1n) is 9.49. The van der Waals surface area contributed by atoms with Crippen LogP contribution in [0.5, 0.6) is 0 Å². The standard InChI is InChI=1S/C22H25Cl3N2O2/c1-4-20(22(29)26-14(2)3)27(13-16-8-9-18(24)19(25)11-16)21(28)12-15-6-5-7-17(23)10-15/h5-11,14,20H,4,12-13H2,1-3H3,(H,26,29). The maximum absolute atomic E-state index is 13.2. The predicted octanol–water partition coefficient (Wildman–Crippen LogP) is 5.52. The topological polar surface area (TPSA) is 49.4 Å². The highest BCUT2D eigenvalue weighted by atomic mass is 35.5. The van der Waals surface area contributed by atoms with Gasteiger partial charge >= 0.3 is 0 Å². The average molecular weight is 456 g/mol. The van der Waals surface area contributed by atoms with Gasteiger partial charge in [0.05, 0.1) is 16.5 Å². The first-order valence-corrected chi connectivity index (χ1v) is 10.6. The number of halogens is 3. The fourth-order valence-corrected chi connectivity index (χ4v) is 3.59. The quantitative estimate of drug-likeness (QED) is 0.569. The zero-order chi connectivity index (χ0) is 21.6. The molecule has 0 aliphatic carbocycles. The number of hydrogen-bond acceptors (Lipinski definition) is 2. The molecular formula is C22H25Cl3N2O2. The Balaban J connectivity index is 2.32. The van der Waals surface area contributed by atoms with Crippen molar-refractivity contribution >= 4 is 46.6 Å². The molecule has 0 bridgehead atoms. The molecule has 1 unspecified atom stereocenters. The van der Waals surface area contributed by atoms with Crippen molar-refractivity contribution in [3.63, 3.8) is 0 Å². The van der Waals surface area contributed by atoms with Gasteiger partial charge in [0.2, 0.25) is 11.8 Å². The fraction of sp³-hybridized carbons (Fsp3) is 0.364. The molecule has 0 spiro atoms. The van der Waals surface area contributed by atoms with Gasteiger partial charge in [0, 0.05) is 17.6 Å². The van der Waals surface area contributed by atoms with Gasteiger partial charge in [-0.1, -0.05) is 59.9 Å². The van der Waals surface area contributed by atoms with E-state index < -0.39 is 6.04 Å². The molecule has 0 aromatic heterocycles. The molecule has 4 nitrogen and oxygen atoms in total. The molecule has 0 fully saturated rings. The maximum atomic E-state index is 13.2. The second-order valence-electron chi connectivity index (χ2n) is 7.16. The van der Waals surface area contributed by atoms with E-state index in [2.05, 4.69) is 5.32 Å². The van der Waals surface area contributed by atoms with Crippen LogP contribution in [0.15, 0.2) is 42.5 Å². The van der Waals surface area contributed by atoms with Crippen LogP contribution in [0, 0.1) is 0 Å². The molecule has 0 aliphatic heterocycles. The van der Waals surface area contributed by atoms with Gasteiger partial charge in [-0.05, 0) is 55.7 Å². The fourth-order valence-electron chi connectivity index (χ4n) is 3.06. The number of amides is 2. The van der Waals surface area contributed by atoms with Crippen molar-refractivity contribution in [1.29, 1.82) is 0 Å². The molecule has 1 atom stereocenters. The van der Waals surface area contributed by atoms with Crippen LogP contribution in [0.3, 0.4) is 0 Å². The van der Waals surface area contributed by atoms with E-state index in [1.54, 1.807) is 41.3 Å². The highest BCUT2D eigenvalue weighted by Gasteiger charge is 2.29.